The predicted octanol–water partition coefficient (Wildman–Crippen LogP) is 4.90. The van der Waals surface area contributed by atoms with Crippen molar-refractivity contribution >= 4 is 0 Å². The molecule has 0 unspecified atom stereocenters. The topological polar surface area (TPSA) is 6.48 Å². The molecule has 0 saturated carbocycles. The molecule has 0 spiro atoms. The highest BCUT2D eigenvalue weighted by Gasteiger charge is 2.26. The highest BCUT2D eigenvalue weighted by atomic mass is 15.3. The average molecular weight is 366 g/mol. The number of piperazine rings is 1. The Morgan fingerprint density at radius 1 is 0.926 bits per heavy atom. The smallest absolute Gasteiger partial charge is 0.0629 e. The van der Waals surface area contributed by atoms with Gasteiger partial charge in [0.05, 0.1) is 11.5 Å². The van der Waals surface area contributed by atoms with Crippen molar-refractivity contribution in [1.29, 1.82) is 0 Å². The van der Waals surface area contributed by atoms with Crippen LogP contribution in [0.3, 0.4) is 0 Å². The van der Waals surface area contributed by atoms with Gasteiger partial charge < -0.3 is 0 Å². The Balaban J connectivity index is 1.65. The fourth-order valence-electron chi connectivity index (χ4n) is 3.53. The molecule has 0 amide bonds. The van der Waals surface area contributed by atoms with E-state index < -0.39 is 48.6 Å². The van der Waals surface area contributed by atoms with Crippen LogP contribution in [0.1, 0.15) is 40.6 Å². The predicted molar refractivity (Wildman–Crippen MR) is 113 cm³/mol. The number of hydrogen-bond donors (Lipinski definition) is 0. The summed E-state index contributed by atoms with van der Waals surface area (Å²) in [6, 6.07) is 17.4. The first-order chi connectivity index (χ1) is 16.9. The van der Waals surface area contributed by atoms with E-state index in [1.54, 1.807) is 0 Å². The Kier molecular flexibility index (Phi) is 3.22. The van der Waals surface area contributed by atoms with Crippen LogP contribution in [0, 0.1) is 6.85 Å². The van der Waals surface area contributed by atoms with Crippen LogP contribution < -0.4 is 0 Å². The van der Waals surface area contributed by atoms with E-state index in [1.165, 1.54) is 4.90 Å². The number of rotatable bonds is 5. The summed E-state index contributed by atoms with van der Waals surface area (Å²) >= 11 is 0. The Hall–Kier alpha value is -2.42. The largest absolute Gasteiger partial charge is 0.297 e. The first-order valence-corrected chi connectivity index (χ1v) is 9.15. The lowest BCUT2D eigenvalue weighted by atomic mass is 9.96. The van der Waals surface area contributed by atoms with Gasteiger partial charge in [0.2, 0.25) is 0 Å². The van der Waals surface area contributed by atoms with Gasteiger partial charge in [0.25, 0.3) is 0 Å². The van der Waals surface area contributed by atoms with E-state index >= 15 is 0 Å². The van der Waals surface area contributed by atoms with Crippen molar-refractivity contribution in [3.05, 3.63) is 107 Å². The Morgan fingerprint density at radius 2 is 1.56 bits per heavy atom. The summed E-state index contributed by atoms with van der Waals surface area (Å²) in [5, 5.41) is 0. The van der Waals surface area contributed by atoms with Gasteiger partial charge in [0, 0.05) is 39.5 Å². The molecule has 3 aromatic carbocycles. The van der Waals surface area contributed by atoms with E-state index in [9.17, 15) is 0 Å². The lowest BCUT2D eigenvalue weighted by molar-refractivity contribution is 0.105. The maximum absolute atomic E-state index is 8.82. The average Bonchev–Trinajstić information content (AvgIpc) is 2.84. The second-order valence-electron chi connectivity index (χ2n) is 6.61. The van der Waals surface area contributed by atoms with Crippen LogP contribution in [0.2, 0.25) is 0 Å². The number of hydrogen-bond acceptors (Lipinski definition) is 2. The maximum atomic E-state index is 8.82. The van der Waals surface area contributed by atoms with Crippen molar-refractivity contribution in [2.45, 2.75) is 19.4 Å². The lowest BCUT2D eigenvalue weighted by Crippen LogP contribution is -2.47. The van der Waals surface area contributed by atoms with Gasteiger partial charge in [-0.3, -0.25) is 9.80 Å². The van der Waals surface area contributed by atoms with Crippen LogP contribution in [0.25, 0.3) is 0 Å². The van der Waals surface area contributed by atoms with E-state index in [0.717, 1.165) is 11.1 Å². The minimum absolute atomic E-state index is 0.0245. The molecule has 1 fully saturated rings. The van der Waals surface area contributed by atoms with Crippen molar-refractivity contribution in [2.75, 3.05) is 26.2 Å². The zero-order chi connectivity index (χ0) is 26.3. The minimum Gasteiger partial charge on any atom is -0.297 e. The van der Waals surface area contributed by atoms with Crippen molar-refractivity contribution in [3.8, 4) is 0 Å². The summed E-state index contributed by atoms with van der Waals surface area (Å²) in [6.45, 7) is -3.64. The molecule has 0 bridgehead atoms. The highest BCUT2D eigenvalue weighted by Crippen LogP contribution is 2.29. The molecule has 3 aromatic rings. The molecule has 27 heavy (non-hydrogen) atoms. The standard InChI is InChI=1S/C25H28N2/c1-21-9-8-10-22(19-21)20-26-15-17-27(18-16-26)25(23-11-4-2-5-12-23)24-13-6-3-7-14-24/h2-14,19,25H,15-18,20H2,1H3/i1D3,8D,9D,10D,19D,20D2. The molecule has 0 atom stereocenters. The molecule has 0 radical (unpaired) electrons. The van der Waals surface area contributed by atoms with E-state index in [1.807, 2.05) is 36.4 Å². The molecular weight excluding hydrogens is 328 g/mol. The van der Waals surface area contributed by atoms with Crippen molar-refractivity contribution in [2.24, 2.45) is 0 Å². The summed E-state index contributed by atoms with van der Waals surface area (Å²) in [4.78, 5) is 3.76. The van der Waals surface area contributed by atoms with Crippen LogP contribution in [0.15, 0.2) is 84.8 Å². The van der Waals surface area contributed by atoms with Gasteiger partial charge in [-0.05, 0) is 23.5 Å². The van der Waals surface area contributed by atoms with E-state index in [-0.39, 0.29) is 19.1 Å². The van der Waals surface area contributed by atoms with E-state index in [2.05, 4.69) is 29.2 Å². The zero-order valence-corrected chi connectivity index (χ0v) is 15.1. The summed E-state index contributed by atoms with van der Waals surface area (Å²) in [5.74, 6) is 0. The van der Waals surface area contributed by atoms with E-state index in [4.69, 9.17) is 12.3 Å². The van der Waals surface area contributed by atoms with Gasteiger partial charge in [0.15, 0.2) is 0 Å². The van der Waals surface area contributed by atoms with Crippen LogP contribution in [0.5, 0.6) is 0 Å². The summed E-state index contributed by atoms with van der Waals surface area (Å²) < 4.78 is 73.6. The fourth-order valence-corrected chi connectivity index (χ4v) is 3.53. The summed E-state index contributed by atoms with van der Waals surface area (Å²) in [6.07, 6.45) is 0. The molecule has 0 aliphatic carbocycles. The molecule has 1 aliphatic rings. The Bertz CT molecular complexity index is 1170. The van der Waals surface area contributed by atoms with Gasteiger partial charge in [0.1, 0.15) is 0 Å². The Morgan fingerprint density at radius 3 is 2.15 bits per heavy atom. The van der Waals surface area contributed by atoms with Crippen LogP contribution in [-0.2, 0) is 6.50 Å². The minimum atomic E-state index is -2.86. The number of nitrogens with zero attached hydrogens (tertiary/aromatic N) is 2. The maximum Gasteiger partial charge on any atom is 0.0629 e. The van der Waals surface area contributed by atoms with Crippen LogP contribution in [0.4, 0.5) is 0 Å². The van der Waals surface area contributed by atoms with Crippen molar-refractivity contribution in [1.82, 2.24) is 9.80 Å². The highest BCUT2D eigenvalue weighted by molar-refractivity contribution is 5.32. The van der Waals surface area contributed by atoms with Gasteiger partial charge in [-0.1, -0.05) is 90.4 Å². The second-order valence-corrected chi connectivity index (χ2v) is 6.61. The molecule has 4 rings (SSSR count). The first kappa shape index (κ1) is 10.2. The lowest BCUT2D eigenvalue weighted by Gasteiger charge is -2.40. The first-order valence-electron chi connectivity index (χ1n) is 13.6. The van der Waals surface area contributed by atoms with Crippen molar-refractivity contribution in [3.63, 3.8) is 0 Å². The van der Waals surface area contributed by atoms with Gasteiger partial charge in [-0.15, -0.1) is 0 Å². The monoisotopic (exact) mass is 365 g/mol. The summed E-state index contributed by atoms with van der Waals surface area (Å²) in [7, 11) is 0. The molecular formula is C25H28N2. The Labute approximate surface area is 175 Å². The van der Waals surface area contributed by atoms with Crippen LogP contribution >= 0.6 is 0 Å². The molecule has 138 valence electrons. The normalized spacial score (nSPS) is 21.7. The molecule has 0 N–H and O–H groups in total. The zero-order valence-electron chi connectivity index (χ0n) is 24.1. The van der Waals surface area contributed by atoms with Crippen LogP contribution in [-0.4, -0.2) is 36.0 Å². The molecule has 2 nitrogen and oxygen atoms in total. The molecule has 1 aliphatic heterocycles. The third-order valence-corrected chi connectivity index (χ3v) is 4.80. The second kappa shape index (κ2) is 8.51. The van der Waals surface area contributed by atoms with Gasteiger partial charge >= 0.3 is 0 Å². The third-order valence-electron chi connectivity index (χ3n) is 4.80. The quantitative estimate of drug-likeness (QED) is 0.634. The van der Waals surface area contributed by atoms with Gasteiger partial charge in [-0.2, -0.15) is 0 Å². The van der Waals surface area contributed by atoms with Crippen molar-refractivity contribution < 1.29 is 12.3 Å². The SMILES string of the molecule is [2H]c1c([2H])c(C([2H])([2H])[2H])c([2H])c(C([2H])([2H])N2CCN(C(c3ccccc3)c3ccccc3)CC2)c1[2H]. The number of benzene rings is 3. The summed E-state index contributed by atoms with van der Waals surface area (Å²) in [5.41, 5.74) is 1.09. The molecule has 0 aromatic heterocycles. The molecule has 1 saturated heterocycles. The fraction of sp³-hybridized carbons (Fsp3) is 0.280. The van der Waals surface area contributed by atoms with E-state index in [0.29, 0.717) is 13.1 Å². The van der Waals surface area contributed by atoms with Gasteiger partial charge in [-0.25, -0.2) is 0 Å². The molecule has 2 heteroatoms. The molecule has 1 heterocycles. The third kappa shape index (κ3) is 4.47.